The average Bonchev–Trinajstić information content (AvgIpc) is 2.84. The van der Waals surface area contributed by atoms with Crippen LogP contribution in [0, 0.1) is 0 Å². The van der Waals surface area contributed by atoms with Crippen LogP contribution in [0.3, 0.4) is 0 Å². The second-order valence-electron chi connectivity index (χ2n) is 7.09. The Morgan fingerprint density at radius 3 is 2.34 bits per heavy atom. The van der Waals surface area contributed by atoms with Crippen LogP contribution in [0.4, 0.5) is 5.95 Å². The molecular weight excluding hydrogens is 402 g/mol. The molecular formula is C25H23N5O2. The summed E-state index contributed by atoms with van der Waals surface area (Å²) < 4.78 is 5.80. The van der Waals surface area contributed by atoms with Crippen molar-refractivity contribution in [2.75, 3.05) is 12.0 Å². The molecule has 0 unspecified atom stereocenters. The van der Waals surface area contributed by atoms with E-state index in [0.29, 0.717) is 12.2 Å². The van der Waals surface area contributed by atoms with Crippen molar-refractivity contribution in [1.82, 2.24) is 15.2 Å². The molecule has 0 aliphatic heterocycles. The van der Waals surface area contributed by atoms with E-state index >= 15 is 0 Å². The van der Waals surface area contributed by atoms with Crippen molar-refractivity contribution in [2.24, 2.45) is 5.10 Å². The largest absolute Gasteiger partial charge is 0.494 e. The number of H-pyrrole nitrogens is 1. The number of nitrogens with one attached hydrogen (secondary N) is 2. The summed E-state index contributed by atoms with van der Waals surface area (Å²) in [4.78, 5) is 14.9. The first kappa shape index (κ1) is 21.0. The van der Waals surface area contributed by atoms with E-state index in [9.17, 15) is 4.79 Å². The van der Waals surface area contributed by atoms with Gasteiger partial charge in [-0.3, -0.25) is 9.78 Å². The summed E-state index contributed by atoms with van der Waals surface area (Å²) >= 11 is 0. The van der Waals surface area contributed by atoms with Crippen molar-refractivity contribution in [3.63, 3.8) is 0 Å². The van der Waals surface area contributed by atoms with Gasteiger partial charge >= 0.3 is 0 Å². The third kappa shape index (κ3) is 5.89. The molecule has 7 nitrogen and oxygen atoms in total. The van der Waals surface area contributed by atoms with Crippen molar-refractivity contribution in [3.8, 4) is 17.0 Å². The van der Waals surface area contributed by atoms with Crippen molar-refractivity contribution >= 4 is 12.2 Å². The van der Waals surface area contributed by atoms with Gasteiger partial charge < -0.3 is 4.74 Å². The predicted octanol–water partition coefficient (Wildman–Crippen LogP) is 4.29. The SMILES string of the molecule is O=c1[nH]c(N/N=C/c2ccc(OCCCc3ccccc3)cc2)nnc1-c1ccccc1. The molecule has 0 bridgehead atoms. The Morgan fingerprint density at radius 2 is 1.62 bits per heavy atom. The Morgan fingerprint density at radius 1 is 0.906 bits per heavy atom. The van der Waals surface area contributed by atoms with Gasteiger partial charge in [-0.1, -0.05) is 60.7 Å². The van der Waals surface area contributed by atoms with Crippen LogP contribution < -0.4 is 15.7 Å². The Kier molecular flexibility index (Phi) is 7.00. The fourth-order valence-corrected chi connectivity index (χ4v) is 3.10. The lowest BCUT2D eigenvalue weighted by atomic mass is 10.1. The minimum absolute atomic E-state index is 0.171. The van der Waals surface area contributed by atoms with Crippen LogP contribution in [0.5, 0.6) is 5.75 Å². The number of hydrogen-bond acceptors (Lipinski definition) is 6. The van der Waals surface area contributed by atoms with E-state index in [2.05, 4.69) is 50.0 Å². The van der Waals surface area contributed by atoms with Gasteiger partial charge in [0.1, 0.15) is 5.75 Å². The van der Waals surface area contributed by atoms with Gasteiger partial charge in [0.2, 0.25) is 5.95 Å². The van der Waals surface area contributed by atoms with Gasteiger partial charge in [-0.15, -0.1) is 10.2 Å². The molecule has 0 saturated carbocycles. The molecule has 0 fully saturated rings. The van der Waals surface area contributed by atoms with Gasteiger partial charge in [-0.2, -0.15) is 5.10 Å². The number of nitrogens with zero attached hydrogens (tertiary/aromatic N) is 3. The minimum atomic E-state index is -0.335. The molecule has 3 aromatic carbocycles. The fourth-order valence-electron chi connectivity index (χ4n) is 3.10. The Labute approximate surface area is 185 Å². The number of ether oxygens (including phenoxy) is 1. The Balaban J connectivity index is 1.26. The summed E-state index contributed by atoms with van der Waals surface area (Å²) in [6, 6.07) is 27.2. The highest BCUT2D eigenvalue weighted by molar-refractivity contribution is 5.80. The van der Waals surface area contributed by atoms with Crippen LogP contribution in [0.1, 0.15) is 17.5 Å². The van der Waals surface area contributed by atoms with E-state index in [0.717, 1.165) is 24.2 Å². The molecule has 4 aromatic rings. The lowest BCUT2D eigenvalue weighted by Crippen LogP contribution is -2.15. The monoisotopic (exact) mass is 425 g/mol. The minimum Gasteiger partial charge on any atom is -0.494 e. The Bertz CT molecular complexity index is 1210. The summed E-state index contributed by atoms with van der Waals surface area (Å²) in [5.74, 6) is 0.985. The molecule has 0 saturated heterocycles. The molecule has 0 spiro atoms. The molecule has 0 amide bonds. The van der Waals surface area contributed by atoms with Crippen LogP contribution in [0.2, 0.25) is 0 Å². The normalized spacial score (nSPS) is 10.9. The Hall–Kier alpha value is -4.26. The van der Waals surface area contributed by atoms with Gasteiger partial charge in [-0.25, -0.2) is 5.43 Å². The van der Waals surface area contributed by atoms with Crippen molar-refractivity contribution in [2.45, 2.75) is 12.8 Å². The second kappa shape index (κ2) is 10.7. The van der Waals surface area contributed by atoms with Gasteiger partial charge in [0.25, 0.3) is 5.56 Å². The number of anilines is 1. The average molecular weight is 425 g/mol. The van der Waals surface area contributed by atoms with Crippen LogP contribution in [-0.4, -0.2) is 28.0 Å². The molecule has 0 radical (unpaired) electrons. The van der Waals surface area contributed by atoms with Crippen LogP contribution in [-0.2, 0) is 6.42 Å². The van der Waals surface area contributed by atoms with Gasteiger partial charge in [0, 0.05) is 5.56 Å². The van der Waals surface area contributed by atoms with E-state index in [-0.39, 0.29) is 17.2 Å². The van der Waals surface area contributed by atoms with E-state index in [1.165, 1.54) is 5.56 Å². The summed E-state index contributed by atoms with van der Waals surface area (Å²) in [6.45, 7) is 0.662. The molecule has 0 aliphatic rings. The lowest BCUT2D eigenvalue weighted by molar-refractivity contribution is 0.311. The van der Waals surface area contributed by atoms with Crippen molar-refractivity contribution in [1.29, 1.82) is 0 Å². The summed E-state index contributed by atoms with van der Waals surface area (Å²) in [7, 11) is 0. The number of rotatable bonds is 9. The number of aryl methyl sites for hydroxylation is 1. The third-order valence-electron chi connectivity index (χ3n) is 4.73. The smallest absolute Gasteiger partial charge is 0.279 e. The zero-order valence-corrected chi connectivity index (χ0v) is 17.4. The van der Waals surface area contributed by atoms with Crippen LogP contribution in [0.15, 0.2) is 94.8 Å². The lowest BCUT2D eigenvalue weighted by Gasteiger charge is -2.06. The third-order valence-corrected chi connectivity index (χ3v) is 4.73. The number of benzene rings is 3. The van der Waals surface area contributed by atoms with Crippen LogP contribution in [0.25, 0.3) is 11.3 Å². The van der Waals surface area contributed by atoms with E-state index in [1.54, 1.807) is 18.3 Å². The number of hydrogen-bond donors (Lipinski definition) is 2. The number of aromatic nitrogens is 3. The van der Waals surface area contributed by atoms with Gasteiger partial charge in [0.15, 0.2) is 5.69 Å². The maximum absolute atomic E-state index is 12.2. The maximum Gasteiger partial charge on any atom is 0.279 e. The van der Waals surface area contributed by atoms with Gasteiger partial charge in [0.05, 0.1) is 12.8 Å². The quantitative estimate of drug-likeness (QED) is 0.237. The first-order valence-corrected chi connectivity index (χ1v) is 10.4. The van der Waals surface area contributed by atoms with Crippen LogP contribution >= 0.6 is 0 Å². The molecule has 0 atom stereocenters. The van der Waals surface area contributed by atoms with E-state index in [4.69, 9.17) is 4.74 Å². The highest BCUT2D eigenvalue weighted by Gasteiger charge is 2.06. The maximum atomic E-state index is 12.2. The standard InChI is InChI=1S/C25H23N5O2/c31-24-23(21-11-5-2-6-12-21)28-30-25(27-24)29-26-18-20-13-15-22(16-14-20)32-17-7-10-19-8-3-1-4-9-19/h1-6,8-9,11-16,18H,7,10,17H2,(H2,27,29,30,31)/b26-18+. The van der Waals surface area contributed by atoms with E-state index in [1.807, 2.05) is 48.5 Å². The summed E-state index contributed by atoms with van der Waals surface area (Å²) in [5.41, 5.74) is 5.52. The van der Waals surface area contributed by atoms with Crippen molar-refractivity contribution in [3.05, 3.63) is 106 Å². The molecule has 1 aromatic heterocycles. The molecule has 4 rings (SSSR count). The molecule has 32 heavy (non-hydrogen) atoms. The highest BCUT2D eigenvalue weighted by atomic mass is 16.5. The highest BCUT2D eigenvalue weighted by Crippen LogP contribution is 2.13. The van der Waals surface area contributed by atoms with Crippen molar-refractivity contribution < 1.29 is 4.74 Å². The molecule has 7 heteroatoms. The molecule has 0 aliphatic carbocycles. The first-order valence-electron chi connectivity index (χ1n) is 10.4. The number of hydrazone groups is 1. The predicted molar refractivity (Wildman–Crippen MR) is 126 cm³/mol. The van der Waals surface area contributed by atoms with Gasteiger partial charge in [-0.05, 0) is 48.2 Å². The summed E-state index contributed by atoms with van der Waals surface area (Å²) in [5, 5.41) is 12.1. The molecule has 2 N–H and O–H groups in total. The second-order valence-corrected chi connectivity index (χ2v) is 7.09. The zero-order valence-electron chi connectivity index (χ0n) is 17.4. The fraction of sp³-hybridized carbons (Fsp3) is 0.120. The number of aromatic amines is 1. The first-order chi connectivity index (χ1) is 15.8. The molecule has 1 heterocycles. The molecule has 160 valence electrons. The topological polar surface area (TPSA) is 92.3 Å². The van der Waals surface area contributed by atoms with E-state index < -0.39 is 0 Å². The summed E-state index contributed by atoms with van der Waals surface area (Å²) in [6.07, 6.45) is 3.58. The zero-order chi connectivity index (χ0) is 22.0.